The van der Waals surface area contributed by atoms with E-state index >= 15 is 0 Å². The van der Waals surface area contributed by atoms with Crippen molar-refractivity contribution < 1.29 is 9.31 Å². The zero-order valence-electron chi connectivity index (χ0n) is 15.8. The molecule has 4 rings (SSSR count). The quantitative estimate of drug-likeness (QED) is 0.700. The van der Waals surface area contributed by atoms with Crippen LogP contribution in [0.25, 0.3) is 0 Å². The number of hydrogen-bond acceptors (Lipinski definition) is 2. The van der Waals surface area contributed by atoms with Crippen LogP contribution in [0.3, 0.4) is 0 Å². The summed E-state index contributed by atoms with van der Waals surface area (Å²) in [6, 6.07) is 4.66. The summed E-state index contributed by atoms with van der Waals surface area (Å²) in [7, 11) is -0.224. The van der Waals surface area contributed by atoms with Crippen LogP contribution >= 0.6 is 0 Å². The molecule has 0 N–H and O–H groups in total. The molecular weight excluding hydrogens is 283 g/mol. The van der Waals surface area contributed by atoms with E-state index in [4.69, 9.17) is 9.31 Å². The van der Waals surface area contributed by atoms with Crippen LogP contribution in [0.4, 0.5) is 0 Å². The summed E-state index contributed by atoms with van der Waals surface area (Å²) in [5, 5.41) is 0. The SMILES string of the molecule is CC.Cc1cc(B2OC(C)(C)C(C)(C)O2)cc2c1C1CCC2C1. The summed E-state index contributed by atoms with van der Waals surface area (Å²) >= 11 is 0. The molecule has 1 heterocycles. The Bertz CT molecular complexity index is 590. The van der Waals surface area contributed by atoms with Crippen LogP contribution in [0.1, 0.15) is 89.3 Å². The summed E-state index contributed by atoms with van der Waals surface area (Å²) in [4.78, 5) is 0. The normalized spacial score (nSPS) is 29.3. The predicted molar refractivity (Wildman–Crippen MR) is 97.6 cm³/mol. The second kappa shape index (κ2) is 5.63. The van der Waals surface area contributed by atoms with Crippen LogP contribution in [0.15, 0.2) is 12.1 Å². The van der Waals surface area contributed by atoms with Crippen molar-refractivity contribution in [3.05, 3.63) is 28.8 Å². The zero-order chi connectivity index (χ0) is 17.0. The molecule has 0 amide bonds. The lowest BCUT2D eigenvalue weighted by atomic mass is 9.74. The van der Waals surface area contributed by atoms with Crippen LogP contribution in [0.2, 0.25) is 0 Å². The Hall–Kier alpha value is -0.795. The van der Waals surface area contributed by atoms with Gasteiger partial charge in [-0.25, -0.2) is 0 Å². The monoisotopic (exact) mass is 314 g/mol. The third-order valence-electron chi connectivity index (χ3n) is 6.25. The lowest BCUT2D eigenvalue weighted by Gasteiger charge is -2.32. The van der Waals surface area contributed by atoms with Crippen LogP contribution in [0, 0.1) is 6.92 Å². The highest BCUT2D eigenvalue weighted by molar-refractivity contribution is 6.62. The maximum absolute atomic E-state index is 6.22. The Morgan fingerprint density at radius 3 is 2.13 bits per heavy atom. The Balaban J connectivity index is 0.000000753. The van der Waals surface area contributed by atoms with Crippen molar-refractivity contribution in [1.29, 1.82) is 0 Å². The first kappa shape index (κ1) is 17.0. The van der Waals surface area contributed by atoms with Gasteiger partial charge in [0.05, 0.1) is 11.2 Å². The number of rotatable bonds is 1. The molecule has 1 aromatic carbocycles. The molecule has 2 aliphatic carbocycles. The fourth-order valence-electron chi connectivity index (χ4n) is 4.39. The van der Waals surface area contributed by atoms with Gasteiger partial charge in [-0.05, 0) is 87.9 Å². The highest BCUT2D eigenvalue weighted by Gasteiger charge is 2.52. The molecule has 2 bridgehead atoms. The van der Waals surface area contributed by atoms with E-state index in [0.717, 1.165) is 11.8 Å². The average Bonchev–Trinajstić information content (AvgIpc) is 3.14. The van der Waals surface area contributed by atoms with Gasteiger partial charge in [-0.1, -0.05) is 26.0 Å². The van der Waals surface area contributed by atoms with E-state index in [2.05, 4.69) is 46.8 Å². The van der Waals surface area contributed by atoms with Gasteiger partial charge >= 0.3 is 7.12 Å². The minimum atomic E-state index is -0.260. The lowest BCUT2D eigenvalue weighted by molar-refractivity contribution is 0.00578. The predicted octanol–water partition coefficient (Wildman–Crippen LogP) is 4.69. The average molecular weight is 314 g/mol. The van der Waals surface area contributed by atoms with Gasteiger partial charge in [0.1, 0.15) is 0 Å². The van der Waals surface area contributed by atoms with Crippen molar-refractivity contribution in [3.8, 4) is 0 Å². The first-order valence-corrected chi connectivity index (χ1v) is 9.28. The largest absolute Gasteiger partial charge is 0.494 e. The third kappa shape index (κ3) is 2.57. The van der Waals surface area contributed by atoms with E-state index in [1.54, 1.807) is 11.1 Å². The smallest absolute Gasteiger partial charge is 0.399 e. The Morgan fingerprint density at radius 1 is 0.957 bits per heavy atom. The molecule has 126 valence electrons. The highest BCUT2D eigenvalue weighted by atomic mass is 16.7. The molecule has 2 fully saturated rings. The van der Waals surface area contributed by atoms with Crippen LogP contribution in [0.5, 0.6) is 0 Å². The maximum Gasteiger partial charge on any atom is 0.494 e. The molecule has 3 aliphatic rings. The van der Waals surface area contributed by atoms with E-state index in [0.29, 0.717) is 0 Å². The van der Waals surface area contributed by atoms with Crippen LogP contribution in [-0.2, 0) is 9.31 Å². The van der Waals surface area contributed by atoms with Gasteiger partial charge in [-0.3, -0.25) is 0 Å². The number of hydrogen-bond donors (Lipinski definition) is 0. The van der Waals surface area contributed by atoms with Crippen molar-refractivity contribution in [2.75, 3.05) is 0 Å². The fourth-order valence-corrected chi connectivity index (χ4v) is 4.39. The van der Waals surface area contributed by atoms with Crippen molar-refractivity contribution in [1.82, 2.24) is 0 Å². The van der Waals surface area contributed by atoms with E-state index in [1.165, 1.54) is 30.3 Å². The van der Waals surface area contributed by atoms with E-state index in [9.17, 15) is 0 Å². The van der Waals surface area contributed by atoms with E-state index in [1.807, 2.05) is 13.8 Å². The standard InChI is InChI=1S/C18H25BO2.C2H6/c1-11-8-14(19-20-17(2,3)18(4,5)21-19)10-15-12-6-7-13(9-12)16(11)15;1-2/h8,10,12-13H,6-7,9H2,1-5H3;1-2H3. The molecule has 2 nitrogen and oxygen atoms in total. The fraction of sp³-hybridized carbons (Fsp3) is 0.700. The summed E-state index contributed by atoms with van der Waals surface area (Å²) in [5.74, 6) is 1.60. The Kier molecular flexibility index (Phi) is 4.17. The van der Waals surface area contributed by atoms with Gasteiger partial charge in [0.25, 0.3) is 0 Å². The third-order valence-corrected chi connectivity index (χ3v) is 6.25. The zero-order valence-corrected chi connectivity index (χ0v) is 15.8. The van der Waals surface area contributed by atoms with Crippen LogP contribution < -0.4 is 5.46 Å². The minimum Gasteiger partial charge on any atom is -0.399 e. The molecule has 3 heteroatoms. The summed E-state index contributed by atoms with van der Waals surface area (Å²) in [6.45, 7) is 14.7. The molecule has 1 aliphatic heterocycles. The number of fused-ring (bicyclic) bond motifs is 5. The Morgan fingerprint density at radius 2 is 1.52 bits per heavy atom. The first-order valence-electron chi connectivity index (χ1n) is 9.28. The number of benzene rings is 1. The topological polar surface area (TPSA) is 18.5 Å². The van der Waals surface area contributed by atoms with Crippen LogP contribution in [-0.4, -0.2) is 18.3 Å². The molecule has 1 saturated heterocycles. The molecule has 23 heavy (non-hydrogen) atoms. The summed E-state index contributed by atoms with van der Waals surface area (Å²) in [5.41, 5.74) is 5.33. The molecule has 0 radical (unpaired) electrons. The molecule has 0 spiro atoms. The molecule has 1 aromatic rings. The first-order chi connectivity index (χ1) is 10.8. The second-order valence-electron chi connectivity index (χ2n) is 8.14. The molecule has 0 aromatic heterocycles. The number of aryl methyl sites for hydroxylation is 1. The van der Waals surface area contributed by atoms with Crippen molar-refractivity contribution in [2.45, 2.75) is 90.8 Å². The van der Waals surface area contributed by atoms with Gasteiger partial charge in [0.2, 0.25) is 0 Å². The minimum absolute atomic E-state index is 0.224. The molecule has 2 atom stereocenters. The van der Waals surface area contributed by atoms with E-state index in [-0.39, 0.29) is 18.3 Å². The highest BCUT2D eigenvalue weighted by Crippen LogP contribution is 2.53. The van der Waals surface area contributed by atoms with Crippen molar-refractivity contribution >= 4 is 12.6 Å². The van der Waals surface area contributed by atoms with Gasteiger partial charge in [-0.2, -0.15) is 0 Å². The van der Waals surface area contributed by atoms with Gasteiger partial charge in [-0.15, -0.1) is 0 Å². The van der Waals surface area contributed by atoms with E-state index < -0.39 is 0 Å². The van der Waals surface area contributed by atoms with Crippen molar-refractivity contribution in [3.63, 3.8) is 0 Å². The molecule has 1 saturated carbocycles. The summed E-state index contributed by atoms with van der Waals surface area (Å²) < 4.78 is 12.4. The van der Waals surface area contributed by atoms with Gasteiger partial charge in [0.15, 0.2) is 0 Å². The van der Waals surface area contributed by atoms with Gasteiger partial charge in [0, 0.05) is 0 Å². The summed E-state index contributed by atoms with van der Waals surface area (Å²) in [6.07, 6.45) is 4.11. The Labute approximate surface area is 142 Å². The van der Waals surface area contributed by atoms with Crippen molar-refractivity contribution in [2.24, 2.45) is 0 Å². The molecule has 2 unspecified atom stereocenters. The van der Waals surface area contributed by atoms with Gasteiger partial charge < -0.3 is 9.31 Å². The second-order valence-corrected chi connectivity index (χ2v) is 8.14. The maximum atomic E-state index is 6.22. The lowest BCUT2D eigenvalue weighted by Crippen LogP contribution is -2.41. The molecular formula is C20H31BO2.